The molecule has 0 amide bonds. The van der Waals surface area contributed by atoms with E-state index in [1.54, 1.807) is 0 Å². The van der Waals surface area contributed by atoms with Crippen molar-refractivity contribution < 1.29 is 8.78 Å². The number of nitrogens with one attached hydrogen (secondary N) is 1. The minimum absolute atomic E-state index is 0.135. The molecule has 0 aromatic carbocycles. The van der Waals surface area contributed by atoms with Gasteiger partial charge in [0.2, 0.25) is 0 Å². The standard InChI is InChI=1S/C14H21F2N3/c1-3-17-13-11(15)9-12(16)14(18-13)19-8-6-4-5-7-10(19)2/h9-10H,3-8H2,1-2H3,(H,17,18). The zero-order chi connectivity index (χ0) is 13.8. The molecule has 1 aromatic rings. The summed E-state index contributed by atoms with van der Waals surface area (Å²) >= 11 is 0. The highest BCUT2D eigenvalue weighted by Gasteiger charge is 2.23. The smallest absolute Gasteiger partial charge is 0.168 e. The average molecular weight is 269 g/mol. The van der Waals surface area contributed by atoms with E-state index in [4.69, 9.17) is 0 Å². The van der Waals surface area contributed by atoms with Crippen LogP contribution >= 0.6 is 0 Å². The maximum atomic E-state index is 14.0. The van der Waals surface area contributed by atoms with Gasteiger partial charge in [-0.15, -0.1) is 0 Å². The van der Waals surface area contributed by atoms with Crippen molar-refractivity contribution in [2.24, 2.45) is 0 Å². The first kappa shape index (κ1) is 14.0. The lowest BCUT2D eigenvalue weighted by atomic mass is 10.1. The fourth-order valence-corrected chi connectivity index (χ4v) is 2.54. The molecule has 0 bridgehead atoms. The lowest BCUT2D eigenvalue weighted by molar-refractivity contribution is 0.551. The number of hydrogen-bond donors (Lipinski definition) is 1. The van der Waals surface area contributed by atoms with E-state index in [9.17, 15) is 8.78 Å². The SMILES string of the molecule is CCNc1nc(N2CCCCCC2C)c(F)cc1F. The van der Waals surface area contributed by atoms with Gasteiger partial charge in [0, 0.05) is 25.2 Å². The normalized spacial score (nSPS) is 20.2. The highest BCUT2D eigenvalue weighted by atomic mass is 19.1. The Morgan fingerprint density at radius 3 is 2.84 bits per heavy atom. The van der Waals surface area contributed by atoms with Crippen LogP contribution in [-0.4, -0.2) is 24.1 Å². The Hall–Kier alpha value is -1.39. The van der Waals surface area contributed by atoms with Crippen LogP contribution in [0.15, 0.2) is 6.07 Å². The Labute approximate surface area is 113 Å². The van der Waals surface area contributed by atoms with Gasteiger partial charge in [0.25, 0.3) is 0 Å². The minimum Gasteiger partial charge on any atom is -0.368 e. The van der Waals surface area contributed by atoms with Gasteiger partial charge in [-0.2, -0.15) is 0 Å². The molecular formula is C14H21F2N3. The lowest BCUT2D eigenvalue weighted by Crippen LogP contribution is -2.34. The summed E-state index contributed by atoms with van der Waals surface area (Å²) in [6.07, 6.45) is 4.36. The van der Waals surface area contributed by atoms with Gasteiger partial charge < -0.3 is 10.2 Å². The molecule has 0 saturated carbocycles. The van der Waals surface area contributed by atoms with Crippen LogP contribution in [0.5, 0.6) is 0 Å². The molecule has 3 nitrogen and oxygen atoms in total. The van der Waals surface area contributed by atoms with Crippen LogP contribution in [0.25, 0.3) is 0 Å². The van der Waals surface area contributed by atoms with Crippen LogP contribution < -0.4 is 10.2 Å². The molecule has 106 valence electrons. The Bertz CT molecular complexity index is 437. The Kier molecular flexibility index (Phi) is 4.56. The van der Waals surface area contributed by atoms with E-state index in [0.717, 1.165) is 38.3 Å². The summed E-state index contributed by atoms with van der Waals surface area (Å²) in [5.74, 6) is -0.805. The highest BCUT2D eigenvalue weighted by molar-refractivity contribution is 5.50. The molecule has 1 aromatic heterocycles. The number of halogens is 2. The molecule has 0 aliphatic carbocycles. The molecule has 1 atom stereocenters. The van der Waals surface area contributed by atoms with E-state index in [0.29, 0.717) is 6.54 Å². The van der Waals surface area contributed by atoms with Crippen molar-refractivity contribution in [2.45, 2.75) is 45.6 Å². The molecular weight excluding hydrogens is 248 g/mol. The van der Waals surface area contributed by atoms with Gasteiger partial charge in [-0.3, -0.25) is 0 Å². The second-order valence-electron chi connectivity index (χ2n) is 5.05. The zero-order valence-corrected chi connectivity index (χ0v) is 11.5. The predicted octanol–water partition coefficient (Wildman–Crippen LogP) is 3.56. The van der Waals surface area contributed by atoms with E-state index in [-0.39, 0.29) is 17.7 Å². The second-order valence-corrected chi connectivity index (χ2v) is 5.05. The molecule has 1 N–H and O–H groups in total. The molecule has 1 unspecified atom stereocenters. The van der Waals surface area contributed by atoms with Gasteiger partial charge in [-0.25, -0.2) is 13.8 Å². The molecule has 2 heterocycles. The van der Waals surface area contributed by atoms with Crippen LogP contribution in [0.3, 0.4) is 0 Å². The van der Waals surface area contributed by atoms with E-state index in [1.807, 2.05) is 11.8 Å². The van der Waals surface area contributed by atoms with Crippen LogP contribution in [0.4, 0.5) is 20.4 Å². The minimum atomic E-state index is -0.634. The lowest BCUT2D eigenvalue weighted by Gasteiger charge is -2.29. The fourth-order valence-electron chi connectivity index (χ4n) is 2.54. The molecule has 0 radical (unpaired) electrons. The van der Waals surface area contributed by atoms with E-state index in [1.165, 1.54) is 0 Å². The van der Waals surface area contributed by atoms with Gasteiger partial charge in [0.05, 0.1) is 0 Å². The molecule has 0 spiro atoms. The quantitative estimate of drug-likeness (QED) is 0.909. The van der Waals surface area contributed by atoms with Crippen molar-refractivity contribution in [2.75, 3.05) is 23.3 Å². The summed E-state index contributed by atoms with van der Waals surface area (Å²) in [5, 5.41) is 2.83. The Morgan fingerprint density at radius 2 is 2.11 bits per heavy atom. The van der Waals surface area contributed by atoms with Crippen molar-refractivity contribution >= 4 is 11.6 Å². The van der Waals surface area contributed by atoms with Crippen LogP contribution in [0.2, 0.25) is 0 Å². The van der Waals surface area contributed by atoms with Crippen LogP contribution in [-0.2, 0) is 0 Å². The molecule has 1 aliphatic heterocycles. The number of pyridine rings is 1. The third kappa shape index (κ3) is 3.14. The number of rotatable bonds is 3. The Morgan fingerprint density at radius 1 is 1.32 bits per heavy atom. The van der Waals surface area contributed by atoms with Gasteiger partial charge >= 0.3 is 0 Å². The zero-order valence-electron chi connectivity index (χ0n) is 11.5. The van der Waals surface area contributed by atoms with Gasteiger partial charge in [0.15, 0.2) is 23.3 Å². The summed E-state index contributed by atoms with van der Waals surface area (Å²) in [7, 11) is 0. The van der Waals surface area contributed by atoms with Crippen molar-refractivity contribution in [3.63, 3.8) is 0 Å². The molecule has 19 heavy (non-hydrogen) atoms. The second kappa shape index (κ2) is 6.17. The maximum absolute atomic E-state index is 14.0. The van der Waals surface area contributed by atoms with Gasteiger partial charge in [-0.1, -0.05) is 12.8 Å². The van der Waals surface area contributed by atoms with Crippen molar-refractivity contribution in [1.82, 2.24) is 4.98 Å². The number of anilines is 2. The van der Waals surface area contributed by atoms with Crippen molar-refractivity contribution in [3.05, 3.63) is 17.7 Å². The van der Waals surface area contributed by atoms with Crippen molar-refractivity contribution in [3.8, 4) is 0 Å². The fraction of sp³-hybridized carbons (Fsp3) is 0.643. The van der Waals surface area contributed by atoms with Crippen LogP contribution in [0, 0.1) is 11.6 Å². The highest BCUT2D eigenvalue weighted by Crippen LogP contribution is 2.27. The van der Waals surface area contributed by atoms with E-state index >= 15 is 0 Å². The van der Waals surface area contributed by atoms with E-state index in [2.05, 4.69) is 17.2 Å². The van der Waals surface area contributed by atoms with Gasteiger partial charge in [-0.05, 0) is 26.7 Å². The van der Waals surface area contributed by atoms with Crippen molar-refractivity contribution in [1.29, 1.82) is 0 Å². The average Bonchev–Trinajstić information content (AvgIpc) is 2.58. The summed E-state index contributed by atoms with van der Waals surface area (Å²) < 4.78 is 27.6. The first-order valence-electron chi connectivity index (χ1n) is 7.00. The largest absolute Gasteiger partial charge is 0.368 e. The van der Waals surface area contributed by atoms with Gasteiger partial charge in [0.1, 0.15) is 0 Å². The monoisotopic (exact) mass is 269 g/mol. The first-order chi connectivity index (χ1) is 9.13. The van der Waals surface area contributed by atoms with E-state index < -0.39 is 11.6 Å². The summed E-state index contributed by atoms with van der Waals surface area (Å²) in [4.78, 5) is 6.10. The third-order valence-corrected chi connectivity index (χ3v) is 3.58. The number of aromatic nitrogens is 1. The predicted molar refractivity (Wildman–Crippen MR) is 73.6 cm³/mol. The molecule has 2 rings (SSSR count). The Balaban J connectivity index is 2.33. The molecule has 5 heteroatoms. The molecule has 1 aliphatic rings. The number of nitrogens with zero attached hydrogens (tertiary/aromatic N) is 2. The molecule has 1 fully saturated rings. The third-order valence-electron chi connectivity index (χ3n) is 3.58. The molecule has 1 saturated heterocycles. The maximum Gasteiger partial charge on any atom is 0.168 e. The summed E-state index contributed by atoms with van der Waals surface area (Å²) in [6.45, 7) is 5.27. The first-order valence-corrected chi connectivity index (χ1v) is 7.00. The summed E-state index contributed by atoms with van der Waals surface area (Å²) in [5.41, 5.74) is 0. The van der Waals surface area contributed by atoms with Crippen LogP contribution in [0.1, 0.15) is 39.5 Å². The number of hydrogen-bond acceptors (Lipinski definition) is 3. The topological polar surface area (TPSA) is 28.2 Å². The summed E-state index contributed by atoms with van der Waals surface area (Å²) in [6, 6.07) is 1.17.